The van der Waals surface area contributed by atoms with E-state index >= 15 is 0 Å². The summed E-state index contributed by atoms with van der Waals surface area (Å²) in [7, 11) is 0. The standard InChI is InChI=1S/C11H13BrN2O3/c12-9-4-1-5-10(14(15)16)11(9)17-7-8-3-2-6-13-8/h1,4-5,8,13H,2-3,6-7H2/t8-/m0/s1. The summed E-state index contributed by atoms with van der Waals surface area (Å²) in [6, 6.07) is 5.11. The van der Waals surface area contributed by atoms with Gasteiger partial charge in [-0.05, 0) is 41.4 Å². The molecule has 2 rings (SSSR count). The van der Waals surface area contributed by atoms with Gasteiger partial charge >= 0.3 is 5.69 Å². The van der Waals surface area contributed by atoms with Crippen molar-refractivity contribution in [1.29, 1.82) is 0 Å². The second-order valence-electron chi connectivity index (χ2n) is 3.95. The molecule has 17 heavy (non-hydrogen) atoms. The molecular formula is C11H13BrN2O3. The maximum atomic E-state index is 10.9. The van der Waals surface area contributed by atoms with E-state index in [1.165, 1.54) is 6.07 Å². The molecule has 1 fully saturated rings. The number of nitrogens with zero attached hydrogens (tertiary/aromatic N) is 1. The number of nitrogens with one attached hydrogen (secondary N) is 1. The fourth-order valence-electron chi connectivity index (χ4n) is 1.87. The molecule has 0 aromatic heterocycles. The average molecular weight is 301 g/mol. The molecule has 1 aliphatic heterocycles. The molecule has 0 bridgehead atoms. The smallest absolute Gasteiger partial charge is 0.312 e. The lowest BCUT2D eigenvalue weighted by atomic mass is 10.2. The minimum Gasteiger partial charge on any atom is -0.484 e. The first-order valence-electron chi connectivity index (χ1n) is 5.47. The van der Waals surface area contributed by atoms with Gasteiger partial charge in [0.15, 0.2) is 0 Å². The number of para-hydroxylation sites is 1. The third-order valence-electron chi connectivity index (χ3n) is 2.73. The van der Waals surface area contributed by atoms with E-state index in [-0.39, 0.29) is 5.69 Å². The van der Waals surface area contributed by atoms with Gasteiger partial charge in [0, 0.05) is 12.1 Å². The van der Waals surface area contributed by atoms with Crippen LogP contribution in [0.4, 0.5) is 5.69 Å². The molecule has 0 radical (unpaired) electrons. The maximum Gasteiger partial charge on any atom is 0.312 e. The van der Waals surface area contributed by atoms with Crippen LogP contribution in [-0.2, 0) is 0 Å². The fraction of sp³-hybridized carbons (Fsp3) is 0.455. The Hall–Kier alpha value is -1.14. The molecule has 1 heterocycles. The number of rotatable bonds is 4. The van der Waals surface area contributed by atoms with Crippen LogP contribution in [0.1, 0.15) is 12.8 Å². The van der Waals surface area contributed by atoms with Gasteiger partial charge in [-0.15, -0.1) is 0 Å². The van der Waals surface area contributed by atoms with Gasteiger partial charge in [-0.2, -0.15) is 0 Å². The summed E-state index contributed by atoms with van der Waals surface area (Å²) in [5, 5.41) is 14.1. The van der Waals surface area contributed by atoms with Gasteiger partial charge in [0.05, 0.1) is 9.40 Å². The van der Waals surface area contributed by atoms with Gasteiger partial charge in [-0.3, -0.25) is 10.1 Å². The Bertz CT molecular complexity index is 419. The fourth-order valence-corrected chi connectivity index (χ4v) is 2.34. The maximum absolute atomic E-state index is 10.9. The zero-order valence-corrected chi connectivity index (χ0v) is 10.8. The normalized spacial score (nSPS) is 19.2. The first-order chi connectivity index (χ1) is 8.18. The number of nitro benzene ring substituents is 1. The number of ether oxygens (including phenoxy) is 1. The van der Waals surface area contributed by atoms with E-state index < -0.39 is 4.92 Å². The van der Waals surface area contributed by atoms with Crippen LogP contribution in [0.3, 0.4) is 0 Å². The minimum atomic E-state index is -0.428. The van der Waals surface area contributed by atoms with Crippen molar-refractivity contribution in [2.24, 2.45) is 0 Å². The van der Waals surface area contributed by atoms with E-state index in [4.69, 9.17) is 4.74 Å². The predicted octanol–water partition coefficient (Wildman–Crippen LogP) is 2.49. The number of nitro groups is 1. The summed E-state index contributed by atoms with van der Waals surface area (Å²) in [5.74, 6) is 0.311. The highest BCUT2D eigenvalue weighted by Crippen LogP contribution is 2.34. The number of hydrogen-bond donors (Lipinski definition) is 1. The van der Waals surface area contributed by atoms with Gasteiger partial charge in [0.2, 0.25) is 5.75 Å². The van der Waals surface area contributed by atoms with Crippen molar-refractivity contribution in [2.45, 2.75) is 18.9 Å². The van der Waals surface area contributed by atoms with Gasteiger partial charge in [0.25, 0.3) is 0 Å². The summed E-state index contributed by atoms with van der Waals surface area (Å²) < 4.78 is 6.18. The Labute approximate surface area is 107 Å². The van der Waals surface area contributed by atoms with Crippen LogP contribution in [0.5, 0.6) is 5.75 Å². The number of hydrogen-bond acceptors (Lipinski definition) is 4. The quantitative estimate of drug-likeness (QED) is 0.685. The monoisotopic (exact) mass is 300 g/mol. The van der Waals surface area contributed by atoms with Crippen LogP contribution >= 0.6 is 15.9 Å². The predicted molar refractivity (Wildman–Crippen MR) is 67.3 cm³/mol. The highest BCUT2D eigenvalue weighted by atomic mass is 79.9. The third kappa shape index (κ3) is 2.95. The highest BCUT2D eigenvalue weighted by Gasteiger charge is 2.20. The molecule has 1 aliphatic rings. The summed E-state index contributed by atoms with van der Waals surface area (Å²) in [4.78, 5) is 10.4. The summed E-state index contributed by atoms with van der Waals surface area (Å²) in [6.45, 7) is 1.45. The van der Waals surface area contributed by atoms with Crippen LogP contribution in [0, 0.1) is 10.1 Å². The lowest BCUT2D eigenvalue weighted by Crippen LogP contribution is -2.28. The van der Waals surface area contributed by atoms with E-state index in [1.807, 2.05) is 0 Å². The van der Waals surface area contributed by atoms with Crippen LogP contribution in [-0.4, -0.2) is 24.1 Å². The van der Waals surface area contributed by atoms with Crippen molar-refractivity contribution < 1.29 is 9.66 Å². The number of halogens is 1. The van der Waals surface area contributed by atoms with Crippen molar-refractivity contribution in [1.82, 2.24) is 5.32 Å². The van der Waals surface area contributed by atoms with E-state index in [1.54, 1.807) is 12.1 Å². The Morgan fingerprint density at radius 2 is 2.41 bits per heavy atom. The second-order valence-corrected chi connectivity index (χ2v) is 4.80. The van der Waals surface area contributed by atoms with Crippen LogP contribution < -0.4 is 10.1 Å². The molecule has 0 amide bonds. The summed E-state index contributed by atoms with van der Waals surface area (Å²) in [5.41, 5.74) is -0.00243. The largest absolute Gasteiger partial charge is 0.484 e. The molecule has 1 aromatic carbocycles. The van der Waals surface area contributed by atoms with Gasteiger partial charge < -0.3 is 10.1 Å². The SMILES string of the molecule is O=[N+]([O-])c1cccc(Br)c1OC[C@@H]1CCCN1. The molecule has 6 heteroatoms. The van der Waals surface area contributed by atoms with Crippen molar-refractivity contribution >= 4 is 21.6 Å². The Balaban J connectivity index is 2.10. The number of benzene rings is 1. The lowest BCUT2D eigenvalue weighted by molar-refractivity contribution is -0.386. The van der Waals surface area contributed by atoms with Gasteiger partial charge in [-0.1, -0.05) is 6.07 Å². The molecule has 0 spiro atoms. The van der Waals surface area contributed by atoms with Gasteiger partial charge in [-0.25, -0.2) is 0 Å². The molecule has 5 nitrogen and oxygen atoms in total. The Morgan fingerprint density at radius 1 is 1.59 bits per heavy atom. The zero-order chi connectivity index (χ0) is 12.3. The van der Waals surface area contributed by atoms with Crippen molar-refractivity contribution in [3.05, 3.63) is 32.8 Å². The molecule has 0 saturated carbocycles. The van der Waals surface area contributed by atoms with Crippen LogP contribution in [0.15, 0.2) is 22.7 Å². The Kier molecular flexibility index (Phi) is 3.96. The van der Waals surface area contributed by atoms with Crippen molar-refractivity contribution in [2.75, 3.05) is 13.2 Å². The van der Waals surface area contributed by atoms with Crippen LogP contribution in [0.25, 0.3) is 0 Å². The molecule has 0 unspecified atom stereocenters. The molecule has 92 valence electrons. The molecular weight excluding hydrogens is 288 g/mol. The molecule has 1 saturated heterocycles. The molecule has 0 aliphatic carbocycles. The highest BCUT2D eigenvalue weighted by molar-refractivity contribution is 9.10. The first kappa shape index (κ1) is 12.3. The average Bonchev–Trinajstić information content (AvgIpc) is 2.80. The van der Waals surface area contributed by atoms with E-state index in [0.29, 0.717) is 22.9 Å². The second kappa shape index (κ2) is 5.46. The van der Waals surface area contributed by atoms with E-state index in [0.717, 1.165) is 19.4 Å². The van der Waals surface area contributed by atoms with Gasteiger partial charge in [0.1, 0.15) is 6.61 Å². The molecule has 1 N–H and O–H groups in total. The van der Waals surface area contributed by atoms with Crippen molar-refractivity contribution in [3.8, 4) is 5.75 Å². The van der Waals surface area contributed by atoms with Crippen molar-refractivity contribution in [3.63, 3.8) is 0 Å². The third-order valence-corrected chi connectivity index (χ3v) is 3.36. The zero-order valence-electron chi connectivity index (χ0n) is 9.19. The first-order valence-corrected chi connectivity index (χ1v) is 6.27. The minimum absolute atomic E-state index is 0.00243. The molecule has 1 atom stereocenters. The Morgan fingerprint density at radius 3 is 3.06 bits per heavy atom. The lowest BCUT2D eigenvalue weighted by Gasteiger charge is -2.13. The van der Waals surface area contributed by atoms with E-state index in [9.17, 15) is 10.1 Å². The molecule has 1 aromatic rings. The van der Waals surface area contributed by atoms with Crippen LogP contribution in [0.2, 0.25) is 0 Å². The summed E-state index contributed by atoms with van der Waals surface area (Å²) in [6.07, 6.45) is 2.18. The van der Waals surface area contributed by atoms with E-state index in [2.05, 4.69) is 21.2 Å². The topological polar surface area (TPSA) is 64.4 Å². The summed E-state index contributed by atoms with van der Waals surface area (Å²) >= 11 is 3.28.